The molecule has 6 nitrogen and oxygen atoms in total. The predicted molar refractivity (Wildman–Crippen MR) is 154 cm³/mol. The number of unbranched alkanes of at least 4 members (excludes halogenated alkanes) is 4. The molecule has 0 fully saturated rings. The van der Waals surface area contributed by atoms with Crippen LogP contribution in [0.4, 0.5) is 0 Å². The highest BCUT2D eigenvalue weighted by molar-refractivity contribution is 5.82. The van der Waals surface area contributed by atoms with Gasteiger partial charge in [0.1, 0.15) is 22.7 Å². The molecule has 0 aromatic heterocycles. The molecule has 218 valence electrons. The molecule has 0 aliphatic heterocycles. The summed E-state index contributed by atoms with van der Waals surface area (Å²) in [4.78, 5) is 26.5. The van der Waals surface area contributed by atoms with Gasteiger partial charge in [-0.3, -0.25) is 9.59 Å². The van der Waals surface area contributed by atoms with Crippen molar-refractivity contribution in [3.05, 3.63) is 23.3 Å². The van der Waals surface area contributed by atoms with Crippen molar-refractivity contribution in [3.8, 4) is 11.5 Å². The monoisotopic (exact) mass is 534 g/mol. The van der Waals surface area contributed by atoms with E-state index in [1.54, 1.807) is 0 Å². The number of carbonyl (C=O) groups is 2. The predicted octanol–water partition coefficient (Wildman–Crippen LogP) is 8.67. The fourth-order valence-electron chi connectivity index (χ4n) is 4.94. The van der Waals surface area contributed by atoms with Crippen molar-refractivity contribution >= 4 is 11.9 Å². The van der Waals surface area contributed by atoms with Gasteiger partial charge < -0.3 is 19.7 Å². The zero-order valence-electron chi connectivity index (χ0n) is 25.3. The first-order chi connectivity index (χ1) is 17.8. The molecule has 6 heteroatoms. The van der Waals surface area contributed by atoms with Crippen LogP contribution in [0.3, 0.4) is 0 Å². The molecule has 2 atom stereocenters. The summed E-state index contributed by atoms with van der Waals surface area (Å²) in [5.74, 6) is -2.47. The molecule has 2 N–H and O–H groups in total. The molecule has 1 aromatic carbocycles. The van der Waals surface area contributed by atoms with Crippen LogP contribution in [0.1, 0.15) is 155 Å². The molecule has 0 heterocycles. The summed E-state index contributed by atoms with van der Waals surface area (Å²) in [5, 5.41) is 22.1. The zero-order valence-corrected chi connectivity index (χ0v) is 25.3. The summed E-state index contributed by atoms with van der Waals surface area (Å²) in [5.41, 5.74) is -0.581. The molecule has 0 amide bonds. The molecule has 0 aliphatic carbocycles. The van der Waals surface area contributed by atoms with E-state index in [0.717, 1.165) is 51.4 Å². The number of rotatable bonds is 18. The summed E-state index contributed by atoms with van der Waals surface area (Å²) < 4.78 is 11.8. The molecule has 1 aromatic rings. The Morgan fingerprint density at radius 2 is 1.00 bits per heavy atom. The van der Waals surface area contributed by atoms with Gasteiger partial charge in [0.2, 0.25) is 0 Å². The number of esters is 2. The van der Waals surface area contributed by atoms with Gasteiger partial charge in [-0.15, -0.1) is 0 Å². The second-order valence-corrected chi connectivity index (χ2v) is 11.9. The molecule has 0 radical (unpaired) electrons. The normalized spacial score (nSPS) is 13.7. The Kier molecular flexibility index (Phi) is 14.2. The Bertz CT molecular complexity index is 801. The van der Waals surface area contributed by atoms with Crippen molar-refractivity contribution in [2.75, 3.05) is 0 Å². The second-order valence-electron chi connectivity index (χ2n) is 11.9. The number of benzene rings is 1. The Balaban J connectivity index is 3.23. The highest BCUT2D eigenvalue weighted by Crippen LogP contribution is 2.41. The van der Waals surface area contributed by atoms with Gasteiger partial charge >= 0.3 is 11.9 Å². The lowest BCUT2D eigenvalue weighted by Crippen LogP contribution is -2.31. The maximum Gasteiger partial charge on any atom is 0.314 e. The average molecular weight is 535 g/mol. The summed E-state index contributed by atoms with van der Waals surface area (Å²) in [6.07, 6.45) is 10.2. The fraction of sp³-hybridized carbons (Fsp3) is 0.750. The van der Waals surface area contributed by atoms with Crippen molar-refractivity contribution in [3.63, 3.8) is 0 Å². The quantitative estimate of drug-likeness (QED) is 0.111. The summed E-state index contributed by atoms with van der Waals surface area (Å²) >= 11 is 0. The van der Waals surface area contributed by atoms with Crippen molar-refractivity contribution in [1.82, 2.24) is 0 Å². The summed E-state index contributed by atoms with van der Waals surface area (Å²) in [6, 6.07) is 2.86. The Labute approximate surface area is 231 Å². The first-order valence-electron chi connectivity index (χ1n) is 14.8. The van der Waals surface area contributed by atoms with Gasteiger partial charge in [-0.2, -0.15) is 0 Å². The molecular formula is C32H54O6. The average Bonchev–Trinajstić information content (AvgIpc) is 2.82. The van der Waals surface area contributed by atoms with Gasteiger partial charge in [0.25, 0.3) is 0 Å². The molecule has 0 aliphatic rings. The Morgan fingerprint density at radius 1 is 0.658 bits per heavy atom. The minimum absolute atomic E-state index is 0.118. The molecule has 0 saturated carbocycles. The lowest BCUT2D eigenvalue weighted by Gasteiger charge is -2.29. The molecule has 38 heavy (non-hydrogen) atoms. The SMILES string of the molecule is CCCCCC(C)(C)OC(=O)C(CCC)c1cc(O)c(C(CCC)C(=O)OC(C)(C)CCCCC)cc1O. The highest BCUT2D eigenvalue weighted by atomic mass is 16.6. The summed E-state index contributed by atoms with van der Waals surface area (Å²) in [6.45, 7) is 15.8. The zero-order chi connectivity index (χ0) is 28.9. The maximum atomic E-state index is 13.3. The fourth-order valence-corrected chi connectivity index (χ4v) is 4.94. The minimum atomic E-state index is -0.709. The van der Waals surface area contributed by atoms with Gasteiger partial charge in [-0.1, -0.05) is 66.2 Å². The number of aromatic hydroxyl groups is 2. The molecule has 1 rings (SSSR count). The third-order valence-electron chi connectivity index (χ3n) is 7.17. The number of carbonyl (C=O) groups excluding carboxylic acids is 2. The maximum absolute atomic E-state index is 13.3. The molecular weight excluding hydrogens is 480 g/mol. The smallest absolute Gasteiger partial charge is 0.314 e. The van der Waals surface area contributed by atoms with Gasteiger partial charge in [-0.25, -0.2) is 0 Å². The second kappa shape index (κ2) is 16.0. The van der Waals surface area contributed by atoms with Gasteiger partial charge in [0.05, 0.1) is 11.8 Å². The van der Waals surface area contributed by atoms with Crippen molar-refractivity contribution < 1.29 is 29.3 Å². The topological polar surface area (TPSA) is 93.1 Å². The van der Waals surface area contributed by atoms with Crippen LogP contribution in [0.2, 0.25) is 0 Å². The number of phenolic OH excluding ortho intramolecular Hbond substituents is 2. The first kappa shape index (κ1) is 33.8. The van der Waals surface area contributed by atoms with Crippen molar-refractivity contribution in [2.24, 2.45) is 0 Å². The molecule has 0 saturated heterocycles. The summed E-state index contributed by atoms with van der Waals surface area (Å²) in [7, 11) is 0. The van der Waals surface area contributed by atoms with Crippen LogP contribution in [0.5, 0.6) is 11.5 Å². The van der Waals surface area contributed by atoms with E-state index in [9.17, 15) is 19.8 Å². The molecule has 0 spiro atoms. The first-order valence-corrected chi connectivity index (χ1v) is 14.8. The number of hydrogen-bond donors (Lipinski definition) is 2. The van der Waals surface area contributed by atoms with Gasteiger partial charge in [0, 0.05) is 11.1 Å². The lowest BCUT2D eigenvalue weighted by molar-refractivity contribution is -0.160. The van der Waals surface area contributed by atoms with E-state index in [2.05, 4.69) is 13.8 Å². The minimum Gasteiger partial charge on any atom is -0.508 e. The number of ether oxygens (including phenoxy) is 2. The molecule has 0 bridgehead atoms. The third kappa shape index (κ3) is 10.9. The standard InChI is InChI=1S/C32H54O6/c1-9-13-15-19-31(5,6)37-29(35)23(17-11-3)25-21-28(34)26(22-27(25)33)24(18-12-4)30(36)38-32(7,8)20-16-14-10-2/h21-24,33-34H,9-20H2,1-8H3. The van der Waals surface area contributed by atoms with E-state index >= 15 is 0 Å². The lowest BCUT2D eigenvalue weighted by atomic mass is 9.87. The Morgan fingerprint density at radius 3 is 1.29 bits per heavy atom. The molecule has 2 unspecified atom stereocenters. The Hall–Kier alpha value is -2.24. The van der Waals surface area contributed by atoms with Crippen LogP contribution < -0.4 is 0 Å². The van der Waals surface area contributed by atoms with E-state index in [-0.39, 0.29) is 11.5 Å². The number of hydrogen-bond acceptors (Lipinski definition) is 6. The van der Waals surface area contributed by atoms with Crippen LogP contribution in [-0.4, -0.2) is 33.4 Å². The van der Waals surface area contributed by atoms with Crippen molar-refractivity contribution in [1.29, 1.82) is 0 Å². The third-order valence-corrected chi connectivity index (χ3v) is 7.17. The van der Waals surface area contributed by atoms with Crippen LogP contribution in [0.25, 0.3) is 0 Å². The van der Waals surface area contributed by atoms with E-state index in [0.29, 0.717) is 36.8 Å². The number of phenols is 2. The largest absolute Gasteiger partial charge is 0.508 e. The van der Waals surface area contributed by atoms with Crippen molar-refractivity contribution in [2.45, 2.75) is 155 Å². The van der Waals surface area contributed by atoms with E-state index in [1.807, 2.05) is 41.5 Å². The van der Waals surface area contributed by atoms with Crippen LogP contribution >= 0.6 is 0 Å². The van der Waals surface area contributed by atoms with E-state index < -0.39 is 35.0 Å². The highest BCUT2D eigenvalue weighted by Gasteiger charge is 2.34. The van der Waals surface area contributed by atoms with E-state index in [1.165, 1.54) is 12.1 Å². The van der Waals surface area contributed by atoms with Gasteiger partial charge in [0.15, 0.2) is 0 Å². The van der Waals surface area contributed by atoms with Crippen LogP contribution in [-0.2, 0) is 19.1 Å². The van der Waals surface area contributed by atoms with E-state index in [4.69, 9.17) is 9.47 Å². The van der Waals surface area contributed by atoms with Crippen LogP contribution in [0.15, 0.2) is 12.1 Å². The van der Waals surface area contributed by atoms with Crippen LogP contribution in [0, 0.1) is 0 Å². The van der Waals surface area contributed by atoms with Gasteiger partial charge in [-0.05, 0) is 78.4 Å².